The molecule has 2 heterocycles. The van der Waals surface area contributed by atoms with Crippen molar-refractivity contribution in [3.05, 3.63) is 11.7 Å². The van der Waals surface area contributed by atoms with Crippen molar-refractivity contribution < 1.29 is 9.32 Å². The van der Waals surface area contributed by atoms with Gasteiger partial charge in [-0.05, 0) is 25.2 Å². The maximum absolute atomic E-state index is 12.2. The minimum Gasteiger partial charge on any atom is -0.341 e. The number of nitrogens with zero attached hydrogens (tertiary/aromatic N) is 3. The van der Waals surface area contributed by atoms with Crippen LogP contribution in [0.2, 0.25) is 0 Å². The second kappa shape index (κ2) is 8.34. The zero-order valence-corrected chi connectivity index (χ0v) is 13.6. The molecule has 2 N–H and O–H groups in total. The Morgan fingerprint density at radius 2 is 2.33 bits per heavy atom. The lowest BCUT2D eigenvalue weighted by atomic mass is 9.94. The van der Waals surface area contributed by atoms with Gasteiger partial charge in [-0.3, -0.25) is 4.79 Å². The number of carbonyl (C=O) groups is 1. The van der Waals surface area contributed by atoms with E-state index in [1.165, 1.54) is 0 Å². The van der Waals surface area contributed by atoms with Crippen molar-refractivity contribution in [2.24, 2.45) is 11.7 Å². The highest BCUT2D eigenvalue weighted by atomic mass is 35.5. The molecule has 0 spiro atoms. The zero-order chi connectivity index (χ0) is 14.5. The Bertz CT molecular complexity index is 452. The lowest BCUT2D eigenvalue weighted by Gasteiger charge is -2.33. The Balaban J connectivity index is 0.00000220. The van der Waals surface area contributed by atoms with Crippen LogP contribution < -0.4 is 5.73 Å². The molecule has 0 saturated carbocycles. The summed E-state index contributed by atoms with van der Waals surface area (Å²) in [4.78, 5) is 18.4. The molecule has 0 aromatic carbocycles. The van der Waals surface area contributed by atoms with Crippen LogP contribution in [-0.2, 0) is 11.2 Å². The van der Waals surface area contributed by atoms with Crippen LogP contribution >= 0.6 is 12.4 Å². The molecule has 0 aliphatic carbocycles. The van der Waals surface area contributed by atoms with Gasteiger partial charge < -0.3 is 15.2 Å². The van der Waals surface area contributed by atoms with Gasteiger partial charge in [0.15, 0.2) is 5.82 Å². The monoisotopic (exact) mass is 316 g/mol. The fourth-order valence-electron chi connectivity index (χ4n) is 2.78. The molecule has 1 saturated heterocycles. The van der Waals surface area contributed by atoms with E-state index >= 15 is 0 Å². The van der Waals surface area contributed by atoms with E-state index in [2.05, 4.69) is 10.1 Å². The maximum atomic E-state index is 12.2. The van der Waals surface area contributed by atoms with Crippen molar-refractivity contribution in [1.82, 2.24) is 15.0 Å². The van der Waals surface area contributed by atoms with Gasteiger partial charge in [0.1, 0.15) is 0 Å². The first-order valence-corrected chi connectivity index (χ1v) is 7.43. The number of aromatic nitrogens is 2. The number of likely N-dealkylation sites (tertiary alicyclic amines) is 1. The average Bonchev–Trinajstić information content (AvgIpc) is 2.84. The van der Waals surface area contributed by atoms with Crippen LogP contribution in [0.4, 0.5) is 0 Å². The van der Waals surface area contributed by atoms with E-state index in [1.807, 2.05) is 11.8 Å². The Kier molecular flexibility index (Phi) is 7.11. The smallest absolute Gasteiger partial charge is 0.239 e. The van der Waals surface area contributed by atoms with E-state index in [4.69, 9.17) is 10.3 Å². The molecule has 1 aliphatic rings. The third-order valence-electron chi connectivity index (χ3n) is 3.79. The highest BCUT2D eigenvalue weighted by molar-refractivity contribution is 5.85. The third kappa shape index (κ3) is 4.97. The van der Waals surface area contributed by atoms with Gasteiger partial charge in [-0.15, -0.1) is 12.4 Å². The van der Waals surface area contributed by atoms with E-state index in [0.717, 1.165) is 51.0 Å². The highest BCUT2D eigenvalue weighted by Gasteiger charge is 2.27. The van der Waals surface area contributed by atoms with Crippen molar-refractivity contribution in [3.63, 3.8) is 0 Å². The molecule has 0 bridgehead atoms. The third-order valence-corrected chi connectivity index (χ3v) is 3.79. The number of aryl methyl sites for hydroxylation is 1. The molecule has 1 fully saturated rings. The summed E-state index contributed by atoms with van der Waals surface area (Å²) in [6.07, 6.45) is 4.58. The molecule has 0 radical (unpaired) electrons. The number of amides is 1. The van der Waals surface area contributed by atoms with Gasteiger partial charge in [-0.25, -0.2) is 0 Å². The van der Waals surface area contributed by atoms with Crippen molar-refractivity contribution in [1.29, 1.82) is 0 Å². The number of halogens is 1. The summed E-state index contributed by atoms with van der Waals surface area (Å²) in [5.41, 5.74) is 5.93. The fraction of sp³-hybridized carbons (Fsp3) is 0.786. The molecule has 1 aromatic rings. The predicted molar refractivity (Wildman–Crippen MR) is 82.2 cm³/mol. The van der Waals surface area contributed by atoms with Crippen molar-refractivity contribution >= 4 is 18.3 Å². The molecular formula is C14H25ClN4O2. The number of rotatable bonds is 5. The molecule has 2 atom stereocenters. The number of hydrogen-bond acceptors (Lipinski definition) is 5. The standard InChI is InChI=1S/C14H24N4O2.ClH/c1-3-5-12(15)14(19)18-7-4-6-11(9-18)8-13-16-10(2)20-17-13;/h11-12H,3-9,15H2,1-2H3;1H. The van der Waals surface area contributed by atoms with E-state index in [9.17, 15) is 4.79 Å². The van der Waals surface area contributed by atoms with Gasteiger partial charge in [-0.1, -0.05) is 18.5 Å². The molecular weight excluding hydrogens is 292 g/mol. The van der Waals surface area contributed by atoms with Crippen LogP contribution in [-0.4, -0.2) is 40.1 Å². The molecule has 6 nitrogen and oxygen atoms in total. The van der Waals surface area contributed by atoms with Crippen molar-refractivity contribution in [3.8, 4) is 0 Å². The maximum Gasteiger partial charge on any atom is 0.239 e. The van der Waals surface area contributed by atoms with E-state index in [0.29, 0.717) is 11.8 Å². The molecule has 120 valence electrons. The van der Waals surface area contributed by atoms with Crippen LogP contribution in [0.25, 0.3) is 0 Å². The Hall–Kier alpha value is -1.14. The second-order valence-corrected chi connectivity index (χ2v) is 5.62. The number of piperidine rings is 1. The molecule has 7 heteroatoms. The van der Waals surface area contributed by atoms with Crippen LogP contribution in [0, 0.1) is 12.8 Å². The van der Waals surface area contributed by atoms with Crippen LogP contribution in [0.15, 0.2) is 4.52 Å². The first-order valence-electron chi connectivity index (χ1n) is 7.43. The largest absolute Gasteiger partial charge is 0.341 e. The van der Waals surface area contributed by atoms with Gasteiger partial charge in [0.25, 0.3) is 0 Å². The van der Waals surface area contributed by atoms with Gasteiger partial charge >= 0.3 is 0 Å². The summed E-state index contributed by atoms with van der Waals surface area (Å²) in [6.45, 7) is 5.41. The summed E-state index contributed by atoms with van der Waals surface area (Å²) in [5, 5.41) is 3.93. The minimum atomic E-state index is -0.355. The van der Waals surface area contributed by atoms with Crippen LogP contribution in [0.5, 0.6) is 0 Å². The summed E-state index contributed by atoms with van der Waals surface area (Å²) in [6, 6.07) is -0.355. The molecule has 1 aromatic heterocycles. The van der Waals surface area contributed by atoms with Crippen molar-refractivity contribution in [2.75, 3.05) is 13.1 Å². The number of hydrogen-bond donors (Lipinski definition) is 1. The topological polar surface area (TPSA) is 85.3 Å². The minimum absolute atomic E-state index is 0. The number of carbonyl (C=O) groups excluding carboxylic acids is 1. The fourth-order valence-corrected chi connectivity index (χ4v) is 2.78. The quantitative estimate of drug-likeness (QED) is 0.893. The lowest BCUT2D eigenvalue weighted by molar-refractivity contribution is -0.134. The van der Waals surface area contributed by atoms with Gasteiger partial charge in [0.2, 0.25) is 11.8 Å². The van der Waals surface area contributed by atoms with Crippen LogP contribution in [0.1, 0.15) is 44.3 Å². The van der Waals surface area contributed by atoms with E-state index in [1.54, 1.807) is 6.92 Å². The summed E-state index contributed by atoms with van der Waals surface area (Å²) in [7, 11) is 0. The summed E-state index contributed by atoms with van der Waals surface area (Å²) < 4.78 is 4.99. The molecule has 1 aliphatic heterocycles. The lowest BCUT2D eigenvalue weighted by Crippen LogP contribution is -2.48. The normalized spacial score (nSPS) is 20.0. The second-order valence-electron chi connectivity index (χ2n) is 5.62. The molecule has 2 unspecified atom stereocenters. The van der Waals surface area contributed by atoms with E-state index in [-0.39, 0.29) is 24.4 Å². The van der Waals surface area contributed by atoms with E-state index < -0.39 is 0 Å². The first kappa shape index (κ1) is 17.9. The zero-order valence-electron chi connectivity index (χ0n) is 12.7. The predicted octanol–water partition coefficient (Wildman–Crippen LogP) is 1.71. The Morgan fingerprint density at radius 3 is 2.95 bits per heavy atom. The SMILES string of the molecule is CCCC(N)C(=O)N1CCCC(Cc2noc(C)n2)C1.Cl. The summed E-state index contributed by atoms with van der Waals surface area (Å²) in [5.74, 6) is 1.81. The van der Waals surface area contributed by atoms with Gasteiger partial charge in [-0.2, -0.15) is 4.98 Å². The van der Waals surface area contributed by atoms with Gasteiger partial charge in [0, 0.05) is 26.4 Å². The highest BCUT2D eigenvalue weighted by Crippen LogP contribution is 2.20. The average molecular weight is 317 g/mol. The molecule has 1 amide bonds. The van der Waals surface area contributed by atoms with Crippen molar-refractivity contribution in [2.45, 2.75) is 52.0 Å². The Morgan fingerprint density at radius 1 is 1.57 bits per heavy atom. The first-order chi connectivity index (χ1) is 9.60. The molecule has 2 rings (SSSR count). The summed E-state index contributed by atoms with van der Waals surface area (Å²) >= 11 is 0. The van der Waals surface area contributed by atoms with Crippen LogP contribution in [0.3, 0.4) is 0 Å². The van der Waals surface area contributed by atoms with Gasteiger partial charge in [0.05, 0.1) is 6.04 Å². The Labute approximate surface area is 131 Å². The molecule has 21 heavy (non-hydrogen) atoms. The number of nitrogens with two attached hydrogens (primary N) is 1.